The van der Waals surface area contributed by atoms with Crippen molar-refractivity contribution in [3.8, 4) is 0 Å². The number of hydrogen-bond donors (Lipinski definition) is 0. The van der Waals surface area contributed by atoms with Crippen LogP contribution < -0.4 is 0 Å². The normalized spacial score (nSPS) is 10.3. The first-order valence-electron chi connectivity index (χ1n) is 2.94. The number of hydrogen-bond acceptors (Lipinski definition) is 4. The smallest absolute Gasteiger partial charge is 0.244 e. The zero-order valence-electron chi connectivity index (χ0n) is 5.40. The Morgan fingerprint density at radius 2 is 2.09 bits per heavy atom. The van der Waals surface area contributed by atoms with Gasteiger partial charge >= 0.3 is 6.08 Å². The van der Waals surface area contributed by atoms with E-state index in [2.05, 4.69) is 19.9 Å². The minimum Gasteiger partial charge on any atom is -0.244 e. The molecule has 0 bridgehead atoms. The van der Waals surface area contributed by atoms with Gasteiger partial charge in [-0.25, -0.2) is 15.0 Å². The van der Waals surface area contributed by atoms with Gasteiger partial charge in [0.15, 0.2) is 5.65 Å². The Hall–Kier alpha value is -1.65. The summed E-state index contributed by atoms with van der Waals surface area (Å²) in [5.41, 5.74) is 0.326. The van der Waals surface area contributed by atoms with Gasteiger partial charge < -0.3 is 0 Å². The van der Waals surface area contributed by atoms with Crippen LogP contribution in [0.5, 0.6) is 0 Å². The SMILES string of the molecule is Fc1ncc2cncnc2n1. The number of nitrogens with zero attached hydrogens (tertiary/aromatic N) is 4. The minimum absolute atomic E-state index is 0.326. The van der Waals surface area contributed by atoms with Crippen molar-refractivity contribution in [2.75, 3.05) is 0 Å². The second-order valence-electron chi connectivity index (χ2n) is 1.94. The van der Waals surface area contributed by atoms with E-state index in [0.29, 0.717) is 11.0 Å². The van der Waals surface area contributed by atoms with Crippen LogP contribution in [0.4, 0.5) is 4.39 Å². The van der Waals surface area contributed by atoms with Gasteiger partial charge in [0, 0.05) is 12.4 Å². The fraction of sp³-hybridized carbons (Fsp3) is 0. The van der Waals surface area contributed by atoms with E-state index < -0.39 is 6.08 Å². The van der Waals surface area contributed by atoms with Crippen molar-refractivity contribution in [3.63, 3.8) is 0 Å². The van der Waals surface area contributed by atoms with Crippen molar-refractivity contribution in [2.45, 2.75) is 0 Å². The molecule has 0 saturated carbocycles. The molecule has 0 aliphatic rings. The lowest BCUT2D eigenvalue weighted by molar-refractivity contribution is 0.543. The highest BCUT2D eigenvalue weighted by molar-refractivity contribution is 5.71. The second kappa shape index (κ2) is 2.19. The molecule has 0 N–H and O–H groups in total. The standard InChI is InChI=1S/C6H3FN4/c7-6-9-2-4-1-8-3-10-5(4)11-6/h1-3H. The van der Waals surface area contributed by atoms with Crippen LogP contribution in [0.25, 0.3) is 11.0 Å². The first kappa shape index (κ1) is 6.09. The molecule has 54 valence electrons. The number of rotatable bonds is 0. The Bertz CT molecular complexity index is 389. The molecule has 0 fully saturated rings. The average molecular weight is 150 g/mol. The summed E-state index contributed by atoms with van der Waals surface area (Å²) in [7, 11) is 0. The molecule has 2 rings (SSSR count). The molecule has 0 spiro atoms. The average Bonchev–Trinajstić information content (AvgIpc) is 2.04. The van der Waals surface area contributed by atoms with Gasteiger partial charge in [-0.1, -0.05) is 0 Å². The van der Waals surface area contributed by atoms with E-state index in [1.807, 2.05) is 0 Å². The first-order valence-corrected chi connectivity index (χ1v) is 2.94. The van der Waals surface area contributed by atoms with Gasteiger partial charge in [-0.15, -0.1) is 0 Å². The van der Waals surface area contributed by atoms with Crippen molar-refractivity contribution in [3.05, 3.63) is 24.8 Å². The Morgan fingerprint density at radius 3 is 3.00 bits per heavy atom. The van der Waals surface area contributed by atoms with Crippen LogP contribution in [0, 0.1) is 6.08 Å². The molecule has 0 radical (unpaired) electrons. The predicted octanol–water partition coefficient (Wildman–Crippen LogP) is 0.559. The zero-order chi connectivity index (χ0) is 7.68. The van der Waals surface area contributed by atoms with Crippen molar-refractivity contribution in [1.82, 2.24) is 19.9 Å². The molecule has 0 aliphatic heterocycles. The summed E-state index contributed by atoms with van der Waals surface area (Å²) in [6.45, 7) is 0. The maximum absolute atomic E-state index is 12.4. The molecule has 0 saturated heterocycles. The second-order valence-corrected chi connectivity index (χ2v) is 1.94. The largest absolute Gasteiger partial charge is 0.310 e. The molecule has 2 heterocycles. The maximum atomic E-state index is 12.4. The molecule has 2 aromatic rings. The summed E-state index contributed by atoms with van der Waals surface area (Å²) in [6.07, 6.45) is 3.42. The van der Waals surface area contributed by atoms with Crippen LogP contribution in [0.3, 0.4) is 0 Å². The summed E-state index contributed by atoms with van der Waals surface area (Å²) in [5, 5.41) is 0.633. The van der Waals surface area contributed by atoms with Gasteiger partial charge in [-0.3, -0.25) is 0 Å². The van der Waals surface area contributed by atoms with E-state index in [9.17, 15) is 4.39 Å². The first-order chi connectivity index (χ1) is 5.36. The third kappa shape index (κ3) is 1.000. The molecular weight excluding hydrogens is 147 g/mol. The molecule has 0 aromatic carbocycles. The molecule has 2 aromatic heterocycles. The minimum atomic E-state index is -0.767. The molecule has 0 atom stereocenters. The molecule has 0 unspecified atom stereocenters. The van der Waals surface area contributed by atoms with E-state index in [1.54, 1.807) is 0 Å². The monoisotopic (exact) mass is 150 g/mol. The van der Waals surface area contributed by atoms with E-state index in [-0.39, 0.29) is 0 Å². The van der Waals surface area contributed by atoms with Crippen LogP contribution >= 0.6 is 0 Å². The van der Waals surface area contributed by atoms with Crippen molar-refractivity contribution in [1.29, 1.82) is 0 Å². The summed E-state index contributed by atoms with van der Waals surface area (Å²) in [6, 6.07) is 0. The van der Waals surface area contributed by atoms with Gasteiger partial charge in [0.05, 0.1) is 5.39 Å². The molecule has 11 heavy (non-hydrogen) atoms. The van der Waals surface area contributed by atoms with Gasteiger partial charge in [-0.05, 0) is 0 Å². The third-order valence-electron chi connectivity index (χ3n) is 1.23. The lowest BCUT2D eigenvalue weighted by atomic mass is 10.4. The van der Waals surface area contributed by atoms with Crippen molar-refractivity contribution >= 4 is 11.0 Å². The predicted molar refractivity (Wildman–Crippen MR) is 35.1 cm³/mol. The highest BCUT2D eigenvalue weighted by Gasteiger charge is 1.97. The molecule has 5 heteroatoms. The van der Waals surface area contributed by atoms with Crippen molar-refractivity contribution < 1.29 is 4.39 Å². The fourth-order valence-electron chi connectivity index (χ4n) is 0.757. The van der Waals surface area contributed by atoms with Crippen LogP contribution in [-0.4, -0.2) is 19.9 Å². The lowest BCUT2D eigenvalue weighted by Gasteiger charge is -1.91. The third-order valence-corrected chi connectivity index (χ3v) is 1.23. The topological polar surface area (TPSA) is 51.6 Å². The Labute approximate surface area is 61.2 Å². The Balaban J connectivity index is 2.83. The van der Waals surface area contributed by atoms with Gasteiger partial charge in [0.2, 0.25) is 0 Å². The van der Waals surface area contributed by atoms with Crippen LogP contribution in [0.1, 0.15) is 0 Å². The summed E-state index contributed by atoms with van der Waals surface area (Å²) >= 11 is 0. The van der Waals surface area contributed by atoms with E-state index in [1.165, 1.54) is 18.7 Å². The highest BCUT2D eigenvalue weighted by Crippen LogP contribution is 2.02. The van der Waals surface area contributed by atoms with Gasteiger partial charge in [0.1, 0.15) is 6.33 Å². The van der Waals surface area contributed by atoms with Crippen LogP contribution in [-0.2, 0) is 0 Å². The van der Waals surface area contributed by atoms with Gasteiger partial charge in [0.25, 0.3) is 0 Å². The lowest BCUT2D eigenvalue weighted by Crippen LogP contribution is -1.91. The quantitative estimate of drug-likeness (QED) is 0.515. The number of halogens is 1. The Morgan fingerprint density at radius 1 is 1.18 bits per heavy atom. The maximum Gasteiger partial charge on any atom is 0.310 e. The molecule has 4 nitrogen and oxygen atoms in total. The fourth-order valence-corrected chi connectivity index (χ4v) is 0.757. The molecule has 0 aliphatic carbocycles. The van der Waals surface area contributed by atoms with Gasteiger partial charge in [-0.2, -0.15) is 9.37 Å². The number of fused-ring (bicyclic) bond motifs is 1. The molecule has 0 amide bonds. The summed E-state index contributed by atoms with van der Waals surface area (Å²) in [5.74, 6) is 0. The van der Waals surface area contributed by atoms with Crippen molar-refractivity contribution in [2.24, 2.45) is 0 Å². The van der Waals surface area contributed by atoms with E-state index in [0.717, 1.165) is 0 Å². The summed E-state index contributed by atoms with van der Waals surface area (Å²) < 4.78 is 12.4. The molecular formula is C6H3FN4. The summed E-state index contributed by atoms with van der Waals surface area (Å²) in [4.78, 5) is 14.3. The highest BCUT2D eigenvalue weighted by atomic mass is 19.1. The van der Waals surface area contributed by atoms with E-state index >= 15 is 0 Å². The Kier molecular flexibility index (Phi) is 1.21. The van der Waals surface area contributed by atoms with Crippen LogP contribution in [0.15, 0.2) is 18.7 Å². The van der Waals surface area contributed by atoms with E-state index in [4.69, 9.17) is 0 Å². The zero-order valence-corrected chi connectivity index (χ0v) is 5.40. The number of aromatic nitrogens is 4. The van der Waals surface area contributed by atoms with Crippen LogP contribution in [0.2, 0.25) is 0 Å².